The van der Waals surface area contributed by atoms with Crippen LogP contribution in [0.15, 0.2) is 18.2 Å². The van der Waals surface area contributed by atoms with Crippen molar-refractivity contribution in [1.82, 2.24) is 10.2 Å². The fourth-order valence-electron chi connectivity index (χ4n) is 3.71. The number of rotatable bonds is 3. The molecule has 0 aromatic heterocycles. The summed E-state index contributed by atoms with van der Waals surface area (Å²) in [6.07, 6.45) is 5.26. The number of amides is 3. The van der Waals surface area contributed by atoms with Crippen LogP contribution in [0.4, 0.5) is 10.5 Å². The molecule has 0 bridgehead atoms. The Balaban J connectivity index is 1.44. The molecule has 1 saturated carbocycles. The second kappa shape index (κ2) is 6.13. The molecular weight excluding hydrogens is 322 g/mol. The third-order valence-electron chi connectivity index (χ3n) is 5.03. The summed E-state index contributed by atoms with van der Waals surface area (Å²) in [6.45, 7) is 2.66. The average molecular weight is 345 g/mol. The van der Waals surface area contributed by atoms with Gasteiger partial charge in [-0.05, 0) is 31.9 Å². The molecule has 2 heterocycles. The quantitative estimate of drug-likeness (QED) is 0.880. The van der Waals surface area contributed by atoms with Gasteiger partial charge >= 0.3 is 6.03 Å². The van der Waals surface area contributed by atoms with Gasteiger partial charge in [-0.25, -0.2) is 4.79 Å². The van der Waals surface area contributed by atoms with Crippen LogP contribution in [0.2, 0.25) is 0 Å². The summed E-state index contributed by atoms with van der Waals surface area (Å²) < 4.78 is 12.2. The average Bonchev–Trinajstić information content (AvgIpc) is 3.17. The van der Waals surface area contributed by atoms with E-state index in [1.54, 1.807) is 6.92 Å². The van der Waals surface area contributed by atoms with Crippen LogP contribution in [-0.2, 0) is 4.79 Å². The molecule has 134 valence electrons. The number of carbonyl (C=O) groups excluding carboxylic acids is 2. The highest BCUT2D eigenvalue weighted by molar-refractivity contribution is 5.99. The zero-order valence-electron chi connectivity index (χ0n) is 14.3. The molecule has 2 fully saturated rings. The first kappa shape index (κ1) is 16.1. The molecule has 1 unspecified atom stereocenters. The van der Waals surface area contributed by atoms with Crippen LogP contribution in [0, 0.1) is 0 Å². The Morgan fingerprint density at radius 3 is 2.72 bits per heavy atom. The molecule has 3 aliphatic rings. The number of nitrogens with zero attached hydrogens (tertiary/aromatic N) is 1. The van der Waals surface area contributed by atoms with Crippen molar-refractivity contribution in [2.24, 2.45) is 0 Å². The molecule has 7 heteroatoms. The molecule has 4 rings (SSSR count). The fourth-order valence-corrected chi connectivity index (χ4v) is 3.71. The van der Waals surface area contributed by atoms with Crippen molar-refractivity contribution in [3.8, 4) is 11.5 Å². The predicted molar refractivity (Wildman–Crippen MR) is 91.7 cm³/mol. The molecule has 2 aliphatic heterocycles. The molecule has 1 aromatic rings. The second-order valence-electron chi connectivity index (χ2n) is 6.92. The third kappa shape index (κ3) is 2.99. The molecule has 1 atom stereocenters. The van der Waals surface area contributed by atoms with Crippen molar-refractivity contribution in [1.29, 1.82) is 0 Å². The van der Waals surface area contributed by atoms with Crippen LogP contribution < -0.4 is 20.1 Å². The molecule has 3 amide bonds. The highest BCUT2D eigenvalue weighted by Crippen LogP contribution is 2.46. The van der Waals surface area contributed by atoms with Gasteiger partial charge < -0.3 is 20.1 Å². The Morgan fingerprint density at radius 2 is 2.00 bits per heavy atom. The SMILES string of the molecule is CC(Nc1ccc2c(c1)OC1(CCCCC1)O2)C(=O)N1CCNC1=O. The maximum Gasteiger partial charge on any atom is 0.324 e. The van der Waals surface area contributed by atoms with Crippen LogP contribution in [0.25, 0.3) is 0 Å². The van der Waals surface area contributed by atoms with Gasteiger partial charge in [0.05, 0.1) is 0 Å². The van der Waals surface area contributed by atoms with E-state index >= 15 is 0 Å². The van der Waals surface area contributed by atoms with Crippen molar-refractivity contribution in [3.05, 3.63) is 18.2 Å². The van der Waals surface area contributed by atoms with Gasteiger partial charge in [-0.15, -0.1) is 0 Å². The van der Waals surface area contributed by atoms with Crippen molar-refractivity contribution >= 4 is 17.6 Å². The first-order valence-corrected chi connectivity index (χ1v) is 8.94. The highest BCUT2D eigenvalue weighted by Gasteiger charge is 2.42. The number of imide groups is 1. The number of carbonyl (C=O) groups is 2. The summed E-state index contributed by atoms with van der Waals surface area (Å²) in [7, 11) is 0. The number of ether oxygens (including phenoxy) is 2. The summed E-state index contributed by atoms with van der Waals surface area (Å²) in [5, 5.41) is 5.79. The van der Waals surface area contributed by atoms with Gasteiger partial charge in [-0.1, -0.05) is 6.42 Å². The van der Waals surface area contributed by atoms with Gasteiger partial charge in [-0.2, -0.15) is 0 Å². The van der Waals surface area contributed by atoms with Gasteiger partial charge in [0.15, 0.2) is 11.5 Å². The number of anilines is 1. The third-order valence-corrected chi connectivity index (χ3v) is 5.03. The largest absolute Gasteiger partial charge is 0.448 e. The van der Waals surface area contributed by atoms with Gasteiger partial charge in [0.1, 0.15) is 6.04 Å². The van der Waals surface area contributed by atoms with Crippen molar-refractivity contribution in [2.75, 3.05) is 18.4 Å². The maximum absolute atomic E-state index is 12.4. The van der Waals surface area contributed by atoms with E-state index in [0.717, 1.165) is 37.1 Å². The lowest BCUT2D eigenvalue weighted by atomic mass is 9.94. The standard InChI is InChI=1S/C18H23N3O4/c1-12(16(22)21-10-9-19-17(21)23)20-13-5-6-14-15(11-13)25-18(24-14)7-3-2-4-8-18/h5-6,11-12,20H,2-4,7-10H2,1H3,(H,19,23). The van der Waals surface area contributed by atoms with E-state index in [1.165, 1.54) is 11.3 Å². The number of benzene rings is 1. The predicted octanol–water partition coefficient (Wildman–Crippen LogP) is 2.47. The lowest BCUT2D eigenvalue weighted by Crippen LogP contribution is -2.43. The number of nitrogens with one attached hydrogen (secondary N) is 2. The Morgan fingerprint density at radius 1 is 1.24 bits per heavy atom. The molecule has 1 saturated heterocycles. The first-order chi connectivity index (χ1) is 12.1. The van der Waals surface area contributed by atoms with E-state index in [9.17, 15) is 9.59 Å². The number of urea groups is 1. The van der Waals surface area contributed by atoms with E-state index in [-0.39, 0.29) is 11.9 Å². The molecular formula is C18H23N3O4. The highest BCUT2D eigenvalue weighted by atomic mass is 16.7. The Kier molecular flexibility index (Phi) is 3.94. The summed E-state index contributed by atoms with van der Waals surface area (Å²) >= 11 is 0. The monoisotopic (exact) mass is 345 g/mol. The lowest BCUT2D eigenvalue weighted by molar-refractivity contribution is -0.128. The van der Waals surface area contributed by atoms with Crippen LogP contribution in [0.3, 0.4) is 0 Å². The smallest absolute Gasteiger partial charge is 0.324 e. The summed E-state index contributed by atoms with van der Waals surface area (Å²) in [5.74, 6) is 0.723. The van der Waals surface area contributed by atoms with E-state index in [0.29, 0.717) is 18.8 Å². The minimum absolute atomic E-state index is 0.239. The molecule has 25 heavy (non-hydrogen) atoms. The van der Waals surface area contributed by atoms with E-state index in [4.69, 9.17) is 9.47 Å². The summed E-state index contributed by atoms with van der Waals surface area (Å²) in [5.41, 5.74) is 0.774. The van der Waals surface area contributed by atoms with Crippen LogP contribution >= 0.6 is 0 Å². The Labute approximate surface area is 146 Å². The second-order valence-corrected chi connectivity index (χ2v) is 6.92. The van der Waals surface area contributed by atoms with Gasteiger partial charge in [0.25, 0.3) is 11.7 Å². The minimum atomic E-state index is -0.507. The van der Waals surface area contributed by atoms with Crippen molar-refractivity contribution < 1.29 is 19.1 Å². The van der Waals surface area contributed by atoms with Crippen LogP contribution in [-0.4, -0.2) is 41.8 Å². The molecule has 1 aliphatic carbocycles. The number of hydrogen-bond donors (Lipinski definition) is 2. The zero-order chi connectivity index (χ0) is 17.4. The van der Waals surface area contributed by atoms with Crippen molar-refractivity contribution in [2.45, 2.75) is 50.9 Å². The topological polar surface area (TPSA) is 79.9 Å². The number of fused-ring (bicyclic) bond motifs is 1. The number of hydrogen-bond acceptors (Lipinski definition) is 5. The molecule has 7 nitrogen and oxygen atoms in total. The lowest BCUT2D eigenvalue weighted by Gasteiger charge is -2.31. The fraction of sp³-hybridized carbons (Fsp3) is 0.556. The first-order valence-electron chi connectivity index (χ1n) is 8.94. The van der Waals surface area contributed by atoms with E-state index in [2.05, 4.69) is 10.6 Å². The molecule has 1 spiro atoms. The zero-order valence-corrected chi connectivity index (χ0v) is 14.3. The normalized spacial score (nSPS) is 22.0. The molecule has 2 N–H and O–H groups in total. The van der Waals surface area contributed by atoms with E-state index in [1.807, 2.05) is 18.2 Å². The van der Waals surface area contributed by atoms with Gasteiger partial charge in [0, 0.05) is 37.7 Å². The van der Waals surface area contributed by atoms with E-state index < -0.39 is 11.8 Å². The Bertz CT molecular complexity index is 700. The van der Waals surface area contributed by atoms with Gasteiger partial charge in [-0.3, -0.25) is 9.69 Å². The Hall–Kier alpha value is -2.44. The minimum Gasteiger partial charge on any atom is -0.448 e. The van der Waals surface area contributed by atoms with Gasteiger partial charge in [0.2, 0.25) is 0 Å². The molecule has 1 aromatic carbocycles. The summed E-state index contributed by atoms with van der Waals surface area (Å²) in [6, 6.07) is 4.78. The molecule has 0 radical (unpaired) electrons. The van der Waals surface area contributed by atoms with Crippen molar-refractivity contribution in [3.63, 3.8) is 0 Å². The van der Waals surface area contributed by atoms with Crippen LogP contribution in [0.1, 0.15) is 39.0 Å². The summed E-state index contributed by atoms with van der Waals surface area (Å²) in [4.78, 5) is 25.2. The van der Waals surface area contributed by atoms with Crippen LogP contribution in [0.5, 0.6) is 11.5 Å². The maximum atomic E-state index is 12.4.